The summed E-state index contributed by atoms with van der Waals surface area (Å²) in [5.41, 5.74) is 2.93. The van der Waals surface area contributed by atoms with E-state index in [-0.39, 0.29) is 17.3 Å². The quantitative estimate of drug-likeness (QED) is 0.518. The van der Waals surface area contributed by atoms with Crippen LogP contribution < -0.4 is 14.8 Å². The minimum absolute atomic E-state index is 0.112. The number of nitro groups is 1. The summed E-state index contributed by atoms with van der Waals surface area (Å²) in [5, 5.41) is 21.8. The van der Waals surface area contributed by atoms with Crippen LogP contribution >= 0.6 is 0 Å². The van der Waals surface area contributed by atoms with Crippen molar-refractivity contribution < 1.29 is 19.0 Å². The molecular weight excluding hydrogens is 352 g/mol. The standard InChI is InChI=1S/C18H18N4O5/c1-3-25-15-7-11-6-10(2)26-16(11)8-12(15)9-19-13-4-5-14(22(23)24)18-17(13)20-27-21-18/h4-5,7-8,10,19H,3,6,9H2,1-2H3. The van der Waals surface area contributed by atoms with Crippen molar-refractivity contribution in [3.05, 3.63) is 45.5 Å². The number of fused-ring (bicyclic) bond motifs is 2. The van der Waals surface area contributed by atoms with E-state index >= 15 is 0 Å². The largest absolute Gasteiger partial charge is 0.494 e. The van der Waals surface area contributed by atoms with Gasteiger partial charge in [-0.2, -0.15) is 0 Å². The SMILES string of the molecule is CCOc1cc2c(cc1CNc1ccc([N+](=O)[O-])c3nonc13)OC(C)C2. The molecule has 0 aliphatic carbocycles. The first-order chi connectivity index (χ1) is 13.1. The number of nitrogens with one attached hydrogen (secondary N) is 1. The number of nitrogens with zero attached hydrogens (tertiary/aromatic N) is 3. The van der Waals surface area contributed by atoms with Gasteiger partial charge in [0.25, 0.3) is 0 Å². The lowest BCUT2D eigenvalue weighted by molar-refractivity contribution is -0.383. The van der Waals surface area contributed by atoms with Gasteiger partial charge in [-0.1, -0.05) is 0 Å². The molecule has 0 radical (unpaired) electrons. The molecule has 27 heavy (non-hydrogen) atoms. The van der Waals surface area contributed by atoms with E-state index in [1.165, 1.54) is 6.07 Å². The molecule has 3 aromatic rings. The van der Waals surface area contributed by atoms with Crippen LogP contribution in [0.15, 0.2) is 28.9 Å². The first kappa shape index (κ1) is 17.1. The third-order valence-electron chi connectivity index (χ3n) is 4.44. The van der Waals surface area contributed by atoms with Gasteiger partial charge in [0, 0.05) is 30.2 Å². The van der Waals surface area contributed by atoms with Gasteiger partial charge in [0.05, 0.1) is 17.2 Å². The number of anilines is 1. The molecule has 2 aromatic carbocycles. The number of benzene rings is 2. The number of nitro benzene ring substituents is 1. The highest BCUT2D eigenvalue weighted by molar-refractivity contribution is 5.93. The summed E-state index contributed by atoms with van der Waals surface area (Å²) in [5.74, 6) is 1.65. The molecule has 1 aliphatic rings. The van der Waals surface area contributed by atoms with Crippen molar-refractivity contribution in [1.82, 2.24) is 10.3 Å². The lowest BCUT2D eigenvalue weighted by atomic mass is 10.1. The van der Waals surface area contributed by atoms with E-state index in [4.69, 9.17) is 14.1 Å². The Morgan fingerprint density at radius 3 is 2.93 bits per heavy atom. The Morgan fingerprint density at radius 1 is 1.33 bits per heavy atom. The zero-order valence-corrected chi connectivity index (χ0v) is 14.9. The van der Waals surface area contributed by atoms with Crippen LogP contribution in [0, 0.1) is 10.1 Å². The Labute approximate surface area is 154 Å². The van der Waals surface area contributed by atoms with E-state index in [1.54, 1.807) is 6.07 Å². The molecule has 1 N–H and O–H groups in total. The lowest BCUT2D eigenvalue weighted by Gasteiger charge is -2.14. The highest BCUT2D eigenvalue weighted by atomic mass is 16.6. The average Bonchev–Trinajstić information content (AvgIpc) is 3.25. The molecule has 9 heteroatoms. The van der Waals surface area contributed by atoms with Crippen LogP contribution in [0.5, 0.6) is 11.5 Å². The van der Waals surface area contributed by atoms with E-state index in [9.17, 15) is 10.1 Å². The van der Waals surface area contributed by atoms with E-state index in [0.29, 0.717) is 24.4 Å². The maximum Gasteiger partial charge on any atom is 0.300 e. The second-order valence-electron chi connectivity index (χ2n) is 6.34. The number of aromatic nitrogens is 2. The predicted octanol–water partition coefficient (Wildman–Crippen LogP) is 3.47. The molecule has 1 unspecified atom stereocenters. The minimum atomic E-state index is -0.511. The second-order valence-corrected chi connectivity index (χ2v) is 6.34. The van der Waals surface area contributed by atoms with Crippen molar-refractivity contribution in [3.8, 4) is 11.5 Å². The molecule has 4 rings (SSSR count). The highest BCUT2D eigenvalue weighted by Crippen LogP contribution is 2.36. The Kier molecular flexibility index (Phi) is 4.27. The molecule has 1 atom stereocenters. The normalized spacial score (nSPS) is 15.4. The van der Waals surface area contributed by atoms with Crippen LogP contribution in [0.3, 0.4) is 0 Å². The predicted molar refractivity (Wildman–Crippen MR) is 97.2 cm³/mol. The van der Waals surface area contributed by atoms with Crippen LogP contribution in [-0.4, -0.2) is 27.9 Å². The van der Waals surface area contributed by atoms with E-state index < -0.39 is 4.92 Å². The van der Waals surface area contributed by atoms with Gasteiger partial charge in [0.2, 0.25) is 5.52 Å². The van der Waals surface area contributed by atoms with Gasteiger partial charge in [-0.25, -0.2) is 4.63 Å². The van der Waals surface area contributed by atoms with E-state index in [2.05, 4.69) is 15.6 Å². The molecule has 1 aromatic heterocycles. The van der Waals surface area contributed by atoms with Gasteiger partial charge in [0.1, 0.15) is 17.6 Å². The van der Waals surface area contributed by atoms with Crippen LogP contribution in [0.4, 0.5) is 11.4 Å². The zero-order chi connectivity index (χ0) is 19.0. The van der Waals surface area contributed by atoms with Gasteiger partial charge < -0.3 is 14.8 Å². The van der Waals surface area contributed by atoms with Gasteiger partial charge in [-0.3, -0.25) is 10.1 Å². The summed E-state index contributed by atoms with van der Waals surface area (Å²) in [6.07, 6.45) is 1.00. The van der Waals surface area contributed by atoms with Crippen molar-refractivity contribution in [2.24, 2.45) is 0 Å². The second kappa shape index (κ2) is 6.75. The molecule has 0 spiro atoms. The molecule has 0 saturated carbocycles. The van der Waals surface area contributed by atoms with Gasteiger partial charge in [-0.15, -0.1) is 0 Å². The van der Waals surface area contributed by atoms with Crippen molar-refractivity contribution >= 4 is 22.4 Å². The van der Waals surface area contributed by atoms with Crippen LogP contribution in [0.25, 0.3) is 11.0 Å². The zero-order valence-electron chi connectivity index (χ0n) is 14.9. The molecule has 9 nitrogen and oxygen atoms in total. The van der Waals surface area contributed by atoms with Gasteiger partial charge >= 0.3 is 5.69 Å². The van der Waals surface area contributed by atoms with E-state index in [0.717, 1.165) is 29.0 Å². The number of hydrogen-bond acceptors (Lipinski definition) is 8. The lowest BCUT2D eigenvalue weighted by Crippen LogP contribution is -2.05. The van der Waals surface area contributed by atoms with E-state index in [1.807, 2.05) is 26.0 Å². The Morgan fingerprint density at radius 2 is 2.15 bits per heavy atom. The molecule has 1 aliphatic heterocycles. The van der Waals surface area contributed by atoms with Gasteiger partial charge in [0.15, 0.2) is 5.52 Å². The number of non-ortho nitro benzene ring substituents is 1. The van der Waals surface area contributed by atoms with Crippen LogP contribution in [0.2, 0.25) is 0 Å². The fraction of sp³-hybridized carbons (Fsp3) is 0.333. The molecule has 140 valence electrons. The summed E-state index contributed by atoms with van der Waals surface area (Å²) in [7, 11) is 0. The molecule has 0 saturated heterocycles. The van der Waals surface area contributed by atoms with Crippen LogP contribution in [0.1, 0.15) is 25.0 Å². The maximum atomic E-state index is 11.1. The first-order valence-electron chi connectivity index (χ1n) is 8.65. The molecule has 0 bridgehead atoms. The smallest absolute Gasteiger partial charge is 0.300 e. The summed E-state index contributed by atoms with van der Waals surface area (Å²) in [6.45, 7) is 4.95. The molecule has 2 heterocycles. The maximum absolute atomic E-state index is 11.1. The topological polar surface area (TPSA) is 113 Å². The van der Waals surface area contributed by atoms with Crippen molar-refractivity contribution in [2.75, 3.05) is 11.9 Å². The van der Waals surface area contributed by atoms with Crippen molar-refractivity contribution in [3.63, 3.8) is 0 Å². The average molecular weight is 370 g/mol. The monoisotopic (exact) mass is 370 g/mol. The molecular formula is C18H18N4O5. The Bertz CT molecular complexity index is 1020. The number of ether oxygens (including phenoxy) is 2. The Balaban J connectivity index is 1.63. The van der Waals surface area contributed by atoms with Crippen LogP contribution in [-0.2, 0) is 13.0 Å². The minimum Gasteiger partial charge on any atom is -0.494 e. The summed E-state index contributed by atoms with van der Waals surface area (Å²) in [6, 6.07) is 6.96. The third kappa shape index (κ3) is 3.12. The van der Waals surface area contributed by atoms with Crippen molar-refractivity contribution in [2.45, 2.75) is 32.9 Å². The number of hydrogen-bond donors (Lipinski definition) is 1. The fourth-order valence-electron chi connectivity index (χ4n) is 3.24. The fourth-order valence-corrected chi connectivity index (χ4v) is 3.24. The molecule has 0 fully saturated rings. The summed E-state index contributed by atoms with van der Waals surface area (Å²) < 4.78 is 16.3. The van der Waals surface area contributed by atoms with Gasteiger partial charge in [-0.05, 0) is 42.4 Å². The van der Waals surface area contributed by atoms with Crippen molar-refractivity contribution in [1.29, 1.82) is 0 Å². The third-order valence-corrected chi connectivity index (χ3v) is 4.44. The molecule has 0 amide bonds. The Hall–Kier alpha value is -3.36. The summed E-state index contributed by atoms with van der Waals surface area (Å²) in [4.78, 5) is 10.6. The highest BCUT2D eigenvalue weighted by Gasteiger charge is 2.23. The first-order valence-corrected chi connectivity index (χ1v) is 8.65. The summed E-state index contributed by atoms with van der Waals surface area (Å²) >= 11 is 0. The number of rotatable bonds is 6.